The summed E-state index contributed by atoms with van der Waals surface area (Å²) in [5.74, 6) is 0.180. The van der Waals surface area contributed by atoms with Gasteiger partial charge in [-0.15, -0.1) is 0 Å². The largest absolute Gasteiger partial charge is 0.352 e. The number of hydrogen-bond acceptors (Lipinski definition) is 3. The number of nitrogens with one attached hydrogen (secondary N) is 1. The van der Waals surface area contributed by atoms with Crippen LogP contribution in [0.15, 0.2) is 35.2 Å². The van der Waals surface area contributed by atoms with Gasteiger partial charge in [-0.1, -0.05) is 12.2 Å². The number of nitrogens with two attached hydrogens (primary N) is 1. The number of rotatable bonds is 4. The third kappa shape index (κ3) is 4.41. The molecule has 1 unspecified atom stereocenters. The zero-order chi connectivity index (χ0) is 15.5. The van der Waals surface area contributed by atoms with Gasteiger partial charge in [0.05, 0.1) is 4.90 Å². The standard InChI is InChI=1S/C15H20N2O3S/c1-11-7-13(9-14(8-11)21(16,19)20)15(18)17-10-12-5-3-2-4-6-12/h2-3,7-9,12H,4-6,10H2,1H3,(H,17,18)(H2,16,19,20). The van der Waals surface area contributed by atoms with Gasteiger partial charge in [0.1, 0.15) is 0 Å². The van der Waals surface area contributed by atoms with Crippen molar-refractivity contribution in [3.8, 4) is 0 Å². The van der Waals surface area contributed by atoms with Crippen molar-refractivity contribution in [2.24, 2.45) is 11.1 Å². The molecule has 0 saturated heterocycles. The van der Waals surface area contributed by atoms with Crippen LogP contribution in [0.4, 0.5) is 0 Å². The predicted molar refractivity (Wildman–Crippen MR) is 81.4 cm³/mol. The Morgan fingerprint density at radius 3 is 2.71 bits per heavy atom. The Hall–Kier alpha value is -1.66. The minimum absolute atomic E-state index is 0.0340. The van der Waals surface area contributed by atoms with E-state index in [0.29, 0.717) is 23.6 Å². The summed E-state index contributed by atoms with van der Waals surface area (Å²) in [7, 11) is -3.81. The van der Waals surface area contributed by atoms with Crippen LogP contribution in [-0.4, -0.2) is 20.9 Å². The Morgan fingerprint density at radius 2 is 2.10 bits per heavy atom. The van der Waals surface area contributed by atoms with Gasteiger partial charge in [0.2, 0.25) is 10.0 Å². The van der Waals surface area contributed by atoms with E-state index in [1.54, 1.807) is 13.0 Å². The number of carbonyl (C=O) groups excluding carboxylic acids is 1. The van der Waals surface area contributed by atoms with Crippen LogP contribution < -0.4 is 10.5 Å². The van der Waals surface area contributed by atoms with E-state index in [9.17, 15) is 13.2 Å². The fourth-order valence-electron chi connectivity index (χ4n) is 2.42. The molecule has 1 aliphatic carbocycles. The highest BCUT2D eigenvalue weighted by Gasteiger charge is 2.15. The van der Waals surface area contributed by atoms with Gasteiger partial charge < -0.3 is 5.32 Å². The van der Waals surface area contributed by atoms with E-state index in [4.69, 9.17) is 5.14 Å². The summed E-state index contributed by atoms with van der Waals surface area (Å²) in [6.45, 7) is 2.33. The Bertz CT molecular complexity index is 665. The van der Waals surface area contributed by atoms with Gasteiger partial charge in [0.25, 0.3) is 5.91 Å². The van der Waals surface area contributed by atoms with Crippen molar-refractivity contribution in [1.82, 2.24) is 5.32 Å². The van der Waals surface area contributed by atoms with Gasteiger partial charge >= 0.3 is 0 Å². The second-order valence-electron chi connectivity index (χ2n) is 5.44. The highest BCUT2D eigenvalue weighted by Crippen LogP contribution is 2.18. The highest BCUT2D eigenvalue weighted by atomic mass is 32.2. The van der Waals surface area contributed by atoms with E-state index in [0.717, 1.165) is 19.3 Å². The maximum Gasteiger partial charge on any atom is 0.251 e. The quantitative estimate of drug-likeness (QED) is 0.830. The van der Waals surface area contributed by atoms with Crippen molar-refractivity contribution in [1.29, 1.82) is 0 Å². The van der Waals surface area contributed by atoms with Crippen LogP contribution in [0.3, 0.4) is 0 Å². The van der Waals surface area contributed by atoms with Crippen molar-refractivity contribution in [3.05, 3.63) is 41.5 Å². The number of aryl methyl sites for hydroxylation is 1. The van der Waals surface area contributed by atoms with Gasteiger partial charge in [-0.3, -0.25) is 4.79 Å². The van der Waals surface area contributed by atoms with Crippen molar-refractivity contribution >= 4 is 15.9 Å². The molecule has 1 aliphatic rings. The maximum atomic E-state index is 12.2. The number of carbonyl (C=O) groups is 1. The number of benzene rings is 1. The molecule has 1 amide bonds. The second-order valence-corrected chi connectivity index (χ2v) is 7.00. The van der Waals surface area contributed by atoms with E-state index < -0.39 is 10.0 Å². The van der Waals surface area contributed by atoms with Gasteiger partial charge in [0, 0.05) is 12.1 Å². The van der Waals surface area contributed by atoms with E-state index in [1.165, 1.54) is 12.1 Å². The summed E-state index contributed by atoms with van der Waals surface area (Å²) in [6, 6.07) is 4.43. The lowest BCUT2D eigenvalue weighted by Gasteiger charge is -2.18. The molecule has 1 aromatic rings. The second kappa shape index (κ2) is 6.41. The van der Waals surface area contributed by atoms with E-state index in [1.807, 2.05) is 0 Å². The molecule has 0 aromatic heterocycles. The van der Waals surface area contributed by atoms with Crippen LogP contribution in [0.25, 0.3) is 0 Å². The van der Waals surface area contributed by atoms with Gasteiger partial charge in [-0.2, -0.15) is 0 Å². The summed E-state index contributed by atoms with van der Waals surface area (Å²) in [5.41, 5.74) is 1.01. The average Bonchev–Trinajstić information content (AvgIpc) is 2.44. The number of allylic oxidation sites excluding steroid dienone is 2. The first-order valence-corrected chi connectivity index (χ1v) is 8.48. The van der Waals surface area contributed by atoms with Crippen LogP contribution in [0.1, 0.15) is 35.2 Å². The minimum atomic E-state index is -3.81. The molecule has 0 bridgehead atoms. The third-order valence-corrected chi connectivity index (χ3v) is 4.46. The molecule has 6 heteroatoms. The normalized spacial score (nSPS) is 18.5. The van der Waals surface area contributed by atoms with Crippen LogP contribution in [0.5, 0.6) is 0 Å². The SMILES string of the molecule is Cc1cc(C(=O)NCC2CC=CCC2)cc(S(N)(=O)=O)c1. The third-order valence-electron chi connectivity index (χ3n) is 3.57. The van der Waals surface area contributed by atoms with Crippen molar-refractivity contribution in [3.63, 3.8) is 0 Å². The average molecular weight is 308 g/mol. The summed E-state index contributed by atoms with van der Waals surface area (Å²) in [4.78, 5) is 12.1. The lowest BCUT2D eigenvalue weighted by molar-refractivity contribution is 0.0946. The predicted octanol–water partition coefficient (Wildman–Crippen LogP) is 1.73. The molecule has 3 N–H and O–H groups in total. The zero-order valence-electron chi connectivity index (χ0n) is 12.0. The fourth-order valence-corrected chi connectivity index (χ4v) is 3.07. The Balaban J connectivity index is 2.08. The first-order chi connectivity index (χ1) is 9.86. The lowest BCUT2D eigenvalue weighted by Crippen LogP contribution is -2.30. The smallest absolute Gasteiger partial charge is 0.251 e. The van der Waals surface area contributed by atoms with Crippen LogP contribution >= 0.6 is 0 Å². The molecule has 114 valence electrons. The number of amides is 1. The molecule has 0 heterocycles. The zero-order valence-corrected chi connectivity index (χ0v) is 12.8. The minimum Gasteiger partial charge on any atom is -0.352 e. The fraction of sp³-hybridized carbons (Fsp3) is 0.400. The molecule has 0 aliphatic heterocycles. The lowest BCUT2D eigenvalue weighted by atomic mass is 9.94. The molecule has 0 saturated carbocycles. The highest BCUT2D eigenvalue weighted by molar-refractivity contribution is 7.89. The molecule has 1 aromatic carbocycles. The monoisotopic (exact) mass is 308 g/mol. The van der Waals surface area contributed by atoms with Gasteiger partial charge in [-0.05, 0) is 55.9 Å². The molecule has 0 fully saturated rings. The topological polar surface area (TPSA) is 89.3 Å². The van der Waals surface area contributed by atoms with E-state index in [2.05, 4.69) is 17.5 Å². The van der Waals surface area contributed by atoms with Crippen LogP contribution in [-0.2, 0) is 10.0 Å². The molecule has 0 spiro atoms. The Morgan fingerprint density at radius 1 is 1.33 bits per heavy atom. The maximum absolute atomic E-state index is 12.2. The summed E-state index contributed by atoms with van der Waals surface area (Å²) >= 11 is 0. The molecule has 21 heavy (non-hydrogen) atoms. The van der Waals surface area contributed by atoms with Gasteiger partial charge in [-0.25, -0.2) is 13.6 Å². The van der Waals surface area contributed by atoms with Crippen LogP contribution in [0, 0.1) is 12.8 Å². The van der Waals surface area contributed by atoms with Crippen molar-refractivity contribution in [2.45, 2.75) is 31.1 Å². The first-order valence-electron chi connectivity index (χ1n) is 6.94. The first kappa shape index (κ1) is 15.7. The van der Waals surface area contributed by atoms with Crippen molar-refractivity contribution in [2.75, 3.05) is 6.54 Å². The Labute approximate surface area is 125 Å². The summed E-state index contributed by atoms with van der Waals surface area (Å²) in [6.07, 6.45) is 7.35. The van der Waals surface area contributed by atoms with Crippen LogP contribution in [0.2, 0.25) is 0 Å². The summed E-state index contributed by atoms with van der Waals surface area (Å²) in [5, 5.41) is 7.98. The Kier molecular flexibility index (Phi) is 4.80. The molecule has 5 nitrogen and oxygen atoms in total. The van der Waals surface area contributed by atoms with E-state index in [-0.39, 0.29) is 10.8 Å². The molecular weight excluding hydrogens is 288 g/mol. The van der Waals surface area contributed by atoms with Gasteiger partial charge in [0.15, 0.2) is 0 Å². The van der Waals surface area contributed by atoms with E-state index >= 15 is 0 Å². The molecular formula is C15H20N2O3S. The molecule has 1 atom stereocenters. The molecule has 2 rings (SSSR count). The number of sulfonamides is 1. The number of primary sulfonamides is 1. The molecule has 0 radical (unpaired) electrons. The number of hydrogen-bond donors (Lipinski definition) is 2. The van der Waals surface area contributed by atoms with Crippen molar-refractivity contribution < 1.29 is 13.2 Å². The summed E-state index contributed by atoms with van der Waals surface area (Å²) < 4.78 is 22.8.